The number of nitrogens with zero attached hydrogens (tertiary/aromatic N) is 2. The number of likely N-dealkylation sites (N-methyl/N-ethyl adjacent to an activating group) is 1. The van der Waals surface area contributed by atoms with Gasteiger partial charge < -0.3 is 5.73 Å². The van der Waals surface area contributed by atoms with Crippen molar-refractivity contribution in [2.75, 3.05) is 25.4 Å². The zero-order valence-corrected chi connectivity index (χ0v) is 11.9. The summed E-state index contributed by atoms with van der Waals surface area (Å²) in [6.45, 7) is 4.15. The van der Waals surface area contributed by atoms with Gasteiger partial charge in [0.2, 0.25) is 10.0 Å². The fourth-order valence-electron chi connectivity index (χ4n) is 2.07. The van der Waals surface area contributed by atoms with Gasteiger partial charge in [-0.25, -0.2) is 18.1 Å². The third-order valence-electron chi connectivity index (χ3n) is 3.25. The molecule has 1 aromatic heterocycles. The quantitative estimate of drug-likeness (QED) is 0.758. The Labute approximate surface area is 114 Å². The summed E-state index contributed by atoms with van der Waals surface area (Å²) >= 11 is 0. The number of nitrogens with two attached hydrogens (primary N) is 1. The van der Waals surface area contributed by atoms with E-state index < -0.39 is 10.0 Å². The Hall–Kier alpha value is -1.18. The summed E-state index contributed by atoms with van der Waals surface area (Å²) in [5, 5.41) is 0. The molecule has 0 aliphatic heterocycles. The molecule has 0 spiro atoms. The predicted octanol–water partition coefficient (Wildman–Crippen LogP) is 0.426. The van der Waals surface area contributed by atoms with Crippen LogP contribution in [-0.2, 0) is 10.0 Å². The van der Waals surface area contributed by atoms with Gasteiger partial charge in [0.1, 0.15) is 10.7 Å². The molecule has 0 saturated heterocycles. The third kappa shape index (κ3) is 3.65. The van der Waals surface area contributed by atoms with Gasteiger partial charge in [0.25, 0.3) is 0 Å². The van der Waals surface area contributed by atoms with Gasteiger partial charge in [0.05, 0.1) is 0 Å². The van der Waals surface area contributed by atoms with Gasteiger partial charge in [-0.2, -0.15) is 0 Å². The lowest BCUT2D eigenvalue weighted by atomic mass is 10.4. The molecule has 1 fully saturated rings. The highest BCUT2D eigenvalue weighted by molar-refractivity contribution is 7.89. The largest absolute Gasteiger partial charge is 0.383 e. The summed E-state index contributed by atoms with van der Waals surface area (Å²) in [7, 11) is -3.56. The van der Waals surface area contributed by atoms with E-state index >= 15 is 0 Å². The first-order valence-corrected chi connectivity index (χ1v) is 7.97. The molecule has 1 aromatic rings. The SMILES string of the molecule is CCN(CCNS(=O)(=O)c1cccnc1N)C1CC1. The lowest BCUT2D eigenvalue weighted by molar-refractivity contribution is 0.282. The van der Waals surface area contributed by atoms with Crippen molar-refractivity contribution in [3.63, 3.8) is 0 Å². The Morgan fingerprint density at radius 1 is 1.53 bits per heavy atom. The lowest BCUT2D eigenvalue weighted by Gasteiger charge is -2.19. The first kappa shape index (κ1) is 14.2. The van der Waals surface area contributed by atoms with E-state index in [0.717, 1.165) is 13.1 Å². The van der Waals surface area contributed by atoms with Crippen molar-refractivity contribution in [3.05, 3.63) is 18.3 Å². The second-order valence-corrected chi connectivity index (χ2v) is 6.38. The molecule has 0 bridgehead atoms. The van der Waals surface area contributed by atoms with E-state index in [1.165, 1.54) is 25.1 Å². The molecule has 0 radical (unpaired) electrons. The van der Waals surface area contributed by atoms with Crippen molar-refractivity contribution in [2.24, 2.45) is 0 Å². The minimum Gasteiger partial charge on any atom is -0.383 e. The van der Waals surface area contributed by atoms with Crippen LogP contribution in [0.4, 0.5) is 5.82 Å². The molecule has 0 aromatic carbocycles. The minimum atomic E-state index is -3.56. The van der Waals surface area contributed by atoms with E-state index in [4.69, 9.17) is 5.73 Å². The summed E-state index contributed by atoms with van der Waals surface area (Å²) in [4.78, 5) is 6.12. The number of sulfonamides is 1. The van der Waals surface area contributed by atoms with Crippen LogP contribution in [0.5, 0.6) is 0 Å². The van der Waals surface area contributed by atoms with Crippen molar-refractivity contribution >= 4 is 15.8 Å². The lowest BCUT2D eigenvalue weighted by Crippen LogP contribution is -2.36. The molecule has 6 nitrogen and oxygen atoms in total. The Balaban J connectivity index is 1.92. The molecule has 1 heterocycles. The van der Waals surface area contributed by atoms with E-state index in [9.17, 15) is 8.42 Å². The summed E-state index contributed by atoms with van der Waals surface area (Å²) in [5.74, 6) is 0.0320. The predicted molar refractivity (Wildman–Crippen MR) is 74.1 cm³/mol. The molecule has 19 heavy (non-hydrogen) atoms. The van der Waals surface area contributed by atoms with Crippen LogP contribution < -0.4 is 10.5 Å². The number of nitrogens with one attached hydrogen (secondary N) is 1. The van der Waals surface area contributed by atoms with Crippen LogP contribution in [0.25, 0.3) is 0 Å². The first-order chi connectivity index (χ1) is 9.04. The van der Waals surface area contributed by atoms with Crippen LogP contribution in [0.1, 0.15) is 19.8 Å². The van der Waals surface area contributed by atoms with E-state index in [1.54, 1.807) is 6.07 Å². The van der Waals surface area contributed by atoms with E-state index in [0.29, 0.717) is 12.6 Å². The van der Waals surface area contributed by atoms with Crippen LogP contribution in [0.15, 0.2) is 23.2 Å². The van der Waals surface area contributed by atoms with E-state index in [-0.39, 0.29) is 10.7 Å². The van der Waals surface area contributed by atoms with Crippen molar-refractivity contribution < 1.29 is 8.42 Å². The molecule has 3 N–H and O–H groups in total. The van der Waals surface area contributed by atoms with Gasteiger partial charge in [0.15, 0.2) is 0 Å². The van der Waals surface area contributed by atoms with Crippen molar-refractivity contribution in [1.29, 1.82) is 0 Å². The van der Waals surface area contributed by atoms with Gasteiger partial charge in [-0.15, -0.1) is 0 Å². The number of anilines is 1. The summed E-state index contributed by atoms with van der Waals surface area (Å²) < 4.78 is 26.7. The molecule has 1 aliphatic rings. The van der Waals surface area contributed by atoms with Crippen molar-refractivity contribution in [1.82, 2.24) is 14.6 Å². The van der Waals surface area contributed by atoms with Crippen LogP contribution in [-0.4, -0.2) is 44.0 Å². The zero-order valence-electron chi connectivity index (χ0n) is 11.0. The fourth-order valence-corrected chi connectivity index (χ4v) is 3.17. The topological polar surface area (TPSA) is 88.3 Å². The smallest absolute Gasteiger partial charge is 0.244 e. The second-order valence-electron chi connectivity index (χ2n) is 4.64. The molecule has 7 heteroatoms. The Bertz CT molecular complexity index is 528. The van der Waals surface area contributed by atoms with Crippen LogP contribution in [0.3, 0.4) is 0 Å². The van der Waals surface area contributed by atoms with Crippen LogP contribution in [0.2, 0.25) is 0 Å². The van der Waals surface area contributed by atoms with Gasteiger partial charge in [0, 0.05) is 25.3 Å². The standard InChI is InChI=1S/C12H20N4O2S/c1-2-16(10-5-6-10)9-8-15-19(17,18)11-4-3-7-14-12(11)13/h3-4,7,10,15H,2,5-6,8-9H2,1H3,(H2,13,14). The number of aromatic nitrogens is 1. The maximum absolute atomic E-state index is 12.1. The first-order valence-electron chi connectivity index (χ1n) is 6.49. The summed E-state index contributed by atoms with van der Waals surface area (Å²) in [6, 6.07) is 3.66. The molecule has 1 aliphatic carbocycles. The second kappa shape index (κ2) is 5.85. The Kier molecular flexibility index (Phi) is 4.38. The van der Waals surface area contributed by atoms with Crippen molar-refractivity contribution in [3.8, 4) is 0 Å². The summed E-state index contributed by atoms with van der Waals surface area (Å²) in [6.07, 6.45) is 3.91. The molecule has 0 unspecified atom stereocenters. The number of hydrogen-bond acceptors (Lipinski definition) is 5. The zero-order chi connectivity index (χ0) is 13.9. The van der Waals surface area contributed by atoms with Crippen LogP contribution >= 0.6 is 0 Å². The maximum Gasteiger partial charge on any atom is 0.244 e. The van der Waals surface area contributed by atoms with Crippen LogP contribution in [0, 0.1) is 0 Å². The molecule has 2 rings (SSSR count). The highest BCUT2D eigenvalue weighted by Gasteiger charge is 2.27. The summed E-state index contributed by atoms with van der Waals surface area (Å²) in [5.41, 5.74) is 5.58. The molecule has 0 atom stereocenters. The van der Waals surface area contributed by atoms with E-state index in [2.05, 4.69) is 21.5 Å². The monoisotopic (exact) mass is 284 g/mol. The Morgan fingerprint density at radius 3 is 2.84 bits per heavy atom. The maximum atomic E-state index is 12.1. The molecular formula is C12H20N4O2S. The fraction of sp³-hybridized carbons (Fsp3) is 0.583. The number of hydrogen-bond donors (Lipinski definition) is 2. The number of pyridine rings is 1. The van der Waals surface area contributed by atoms with Gasteiger partial charge in [-0.05, 0) is 31.5 Å². The third-order valence-corrected chi connectivity index (χ3v) is 4.76. The molecule has 0 amide bonds. The molecular weight excluding hydrogens is 264 g/mol. The van der Waals surface area contributed by atoms with Crippen molar-refractivity contribution in [2.45, 2.75) is 30.7 Å². The average molecular weight is 284 g/mol. The average Bonchev–Trinajstić information content (AvgIpc) is 3.19. The van der Waals surface area contributed by atoms with Gasteiger partial charge in [-0.3, -0.25) is 4.90 Å². The number of rotatable bonds is 7. The van der Waals surface area contributed by atoms with E-state index in [1.807, 2.05) is 0 Å². The minimum absolute atomic E-state index is 0.0320. The highest BCUT2D eigenvalue weighted by atomic mass is 32.2. The molecule has 1 saturated carbocycles. The number of nitrogen functional groups attached to an aromatic ring is 1. The molecule has 106 valence electrons. The Morgan fingerprint density at radius 2 is 2.26 bits per heavy atom. The van der Waals surface area contributed by atoms with Gasteiger partial charge in [-0.1, -0.05) is 6.92 Å². The van der Waals surface area contributed by atoms with Gasteiger partial charge >= 0.3 is 0 Å². The normalized spacial score (nSPS) is 15.9. The highest BCUT2D eigenvalue weighted by Crippen LogP contribution is 2.25.